The quantitative estimate of drug-likeness (QED) is 0.0161. The summed E-state index contributed by atoms with van der Waals surface area (Å²) in [5.41, 5.74) is 33.3. The van der Waals surface area contributed by atoms with Crippen LogP contribution in [0.25, 0.3) is 0 Å². The first-order valence-corrected chi connectivity index (χ1v) is 45.6. The fourth-order valence-corrected chi connectivity index (χ4v) is 18.4. The fraction of sp³-hybridized carbons (Fsp3) is 0.791. The summed E-state index contributed by atoms with van der Waals surface area (Å²) in [6.07, 6.45) is 10.9. The first kappa shape index (κ1) is 95.6. The summed E-state index contributed by atoms with van der Waals surface area (Å²) >= 11 is 0. The average molecular weight is 1650 g/mol. The first-order valence-electron chi connectivity index (χ1n) is 36.5. The van der Waals surface area contributed by atoms with Crippen molar-refractivity contribution in [2.24, 2.45) is 58.1 Å². The van der Waals surface area contributed by atoms with Gasteiger partial charge in [0, 0.05) is 174 Å². The van der Waals surface area contributed by atoms with Gasteiger partial charge < -0.3 is 88.9 Å². The molecule has 0 unspecified atom stereocenters. The van der Waals surface area contributed by atoms with Crippen LogP contribution < -0.4 is 50.4 Å². The second kappa shape index (κ2) is 57.5. The Labute approximate surface area is 659 Å². The van der Waals surface area contributed by atoms with Crippen LogP contribution in [0.5, 0.6) is 0 Å². The predicted molar refractivity (Wildman–Crippen MR) is 428 cm³/mol. The molecular weight excluding hydrogens is 1530 g/mol. The smallest absolute Gasteiger partial charge is 0.407 e. The summed E-state index contributed by atoms with van der Waals surface area (Å²) in [4.78, 5) is 180. The molecule has 0 aliphatic carbocycles. The van der Waals surface area contributed by atoms with Crippen LogP contribution in [-0.4, -0.2) is 246 Å². The standard InChI is InChI=1S/C38H64N6O12S4.C29H51N7O6S4.3H2/c1-53-23-25-55-33(49)13-8-12-31(47)43(19-15-27(45)9-4-3-5-10-28(34(39)50)36-57-58-36)21-22-44(32(48)14-18-42-38(52)56-26-24-54-2)20-16-30(46)41-17-7-6-11-29(35(40)51)37-59-60-37;30-13-9-24(39)35(16-11-20(37)6-2-1-3-7-21(26(32)41)28-43-44-28)18-19-36(25(40)10-14-31)17-12-23(38)34-15-5-4-8-22(27(33)42)29-45-46-29;;;/h28-29,36-37H,3-26H2,1-2H3,(H2,39,50)(H2,40,51)(H,41,46)(H,42,52);21-22,28-29H,1-19,30-31H2,(H2,32,41)(H2,33,42)(H,34,38);3*1H/t28-,29-;21-,22-;;;/m00.../s1. The van der Waals surface area contributed by atoms with Gasteiger partial charge in [0.1, 0.15) is 24.8 Å². The zero-order valence-corrected chi connectivity index (χ0v) is 67.9. The van der Waals surface area contributed by atoms with Crippen LogP contribution in [0.3, 0.4) is 0 Å². The molecule has 4 fully saturated rings. The lowest BCUT2D eigenvalue weighted by molar-refractivity contribution is -0.145. The lowest BCUT2D eigenvalue weighted by Crippen LogP contribution is -2.44. The summed E-state index contributed by atoms with van der Waals surface area (Å²) in [7, 11) is 16.2. The number of nitrogens with two attached hydrogens (primary N) is 6. The molecule has 0 aromatic heterocycles. The van der Waals surface area contributed by atoms with E-state index in [1.54, 1.807) is 91.3 Å². The molecule has 15 N–H and O–H groups in total. The molecule has 4 rings (SSSR count). The Hall–Kier alpha value is -4.58. The molecule has 4 saturated heterocycles. The second-order valence-corrected chi connectivity index (χ2v) is 37.1. The number of carbonyl (C=O) groups is 14. The normalized spacial score (nSPS) is 14.9. The number of rotatable bonds is 65. The lowest BCUT2D eigenvalue weighted by Gasteiger charge is -2.28. The van der Waals surface area contributed by atoms with Crippen molar-refractivity contribution in [1.82, 2.24) is 35.6 Å². The highest BCUT2D eigenvalue weighted by Crippen LogP contribution is 2.60. The van der Waals surface area contributed by atoms with Crippen molar-refractivity contribution in [2.75, 3.05) is 126 Å². The van der Waals surface area contributed by atoms with Crippen LogP contribution in [0.4, 0.5) is 4.79 Å². The molecule has 39 heteroatoms. The molecule has 0 saturated carbocycles. The molecule has 4 heterocycles. The number of primary amides is 4. The fourth-order valence-electron chi connectivity index (χ4n) is 10.9. The minimum absolute atomic E-state index is 0. The van der Waals surface area contributed by atoms with Crippen molar-refractivity contribution in [1.29, 1.82) is 0 Å². The van der Waals surface area contributed by atoms with Crippen LogP contribution in [-0.2, 0) is 81.3 Å². The van der Waals surface area contributed by atoms with Gasteiger partial charge in [-0.15, -0.1) is 0 Å². The van der Waals surface area contributed by atoms with E-state index in [1.807, 2.05) is 0 Å². The third-order valence-electron chi connectivity index (χ3n) is 17.5. The Morgan fingerprint density at radius 1 is 0.340 bits per heavy atom. The molecule has 4 aliphatic rings. The topological polar surface area (TPSA) is 481 Å². The Balaban J connectivity index is 0.00000215. The van der Waals surface area contributed by atoms with Crippen molar-refractivity contribution in [3.8, 4) is 0 Å². The van der Waals surface area contributed by atoms with Crippen LogP contribution in [0.15, 0.2) is 0 Å². The van der Waals surface area contributed by atoms with E-state index in [-0.39, 0.29) is 280 Å². The highest BCUT2D eigenvalue weighted by Gasteiger charge is 2.40. The summed E-state index contributed by atoms with van der Waals surface area (Å²) in [6.45, 7) is 2.85. The molecule has 0 bridgehead atoms. The van der Waals surface area contributed by atoms with Gasteiger partial charge in [-0.1, -0.05) is 125 Å². The van der Waals surface area contributed by atoms with Crippen molar-refractivity contribution in [2.45, 2.75) is 185 Å². The van der Waals surface area contributed by atoms with Crippen LogP contribution in [0.2, 0.25) is 0 Å². The van der Waals surface area contributed by atoms with E-state index < -0.39 is 12.1 Å². The molecule has 0 spiro atoms. The zero-order chi connectivity index (χ0) is 78.0. The Morgan fingerprint density at radius 3 is 1.01 bits per heavy atom. The molecule has 0 aromatic rings. The number of esters is 1. The number of hydrogen-bond acceptors (Lipinski definition) is 28. The number of ketones is 2. The molecule has 0 aromatic carbocycles. The number of unbranched alkanes of at least 4 members (excludes halogenated alkanes) is 6. The van der Waals surface area contributed by atoms with E-state index in [1.165, 1.54) is 28.9 Å². The van der Waals surface area contributed by atoms with Gasteiger partial charge in [0.15, 0.2) is 0 Å². The van der Waals surface area contributed by atoms with Gasteiger partial charge >= 0.3 is 12.1 Å². The number of nitrogens with zero attached hydrogens (tertiary/aromatic N) is 4. The van der Waals surface area contributed by atoms with Gasteiger partial charge in [-0.3, -0.25) is 62.3 Å². The number of carbonyl (C=O) groups excluding carboxylic acids is 14. The number of Topliss-reactive ketones (excluding diaryl/α,β-unsaturated/α-hetero) is 2. The van der Waals surface area contributed by atoms with Gasteiger partial charge in [-0.25, -0.2) is 4.79 Å². The summed E-state index contributed by atoms with van der Waals surface area (Å²) in [5.74, 6) is -3.79. The van der Waals surface area contributed by atoms with Crippen molar-refractivity contribution in [3.05, 3.63) is 0 Å². The second-order valence-electron chi connectivity index (χ2n) is 25.7. The number of nitrogens with one attached hydrogen (secondary N) is 3. The van der Waals surface area contributed by atoms with Gasteiger partial charge in [-0.2, -0.15) is 0 Å². The Kier molecular flexibility index (Phi) is 51.8. The number of ether oxygens (including phenoxy) is 4. The third-order valence-corrected chi connectivity index (χ3v) is 26.7. The number of alkyl carbamates (subject to hydrolysis) is 1. The van der Waals surface area contributed by atoms with E-state index >= 15 is 0 Å². The van der Waals surface area contributed by atoms with Gasteiger partial charge in [0.25, 0.3) is 0 Å². The van der Waals surface area contributed by atoms with Crippen LogP contribution >= 0.6 is 86.4 Å². The minimum atomic E-state index is -0.710. The van der Waals surface area contributed by atoms with Crippen molar-refractivity contribution in [3.63, 3.8) is 0 Å². The Morgan fingerprint density at radius 2 is 0.670 bits per heavy atom. The van der Waals surface area contributed by atoms with Crippen molar-refractivity contribution >= 4 is 169 Å². The maximum absolute atomic E-state index is 13.5. The Bertz CT molecular complexity index is 2590. The minimum Gasteiger partial charge on any atom is -0.463 e. The summed E-state index contributed by atoms with van der Waals surface area (Å²) < 4.78 is 20.8. The van der Waals surface area contributed by atoms with E-state index in [2.05, 4.69) is 16.0 Å². The van der Waals surface area contributed by atoms with E-state index in [0.717, 1.165) is 51.4 Å². The van der Waals surface area contributed by atoms with E-state index in [9.17, 15) is 67.1 Å². The SMILES string of the molecule is COCCOC(=O)CCCC(=O)N(CCC(=O)CCCCC[C@@H](C(N)=O)C1SS1)CCN(CCC(=O)NCCCC[C@@H](C(N)=O)C1SS1)C(=O)CCNC(=O)OCCOC.NCCC(=O)N(CCC(=O)CCCCC[C@@H](C(N)=O)C1SS1)CCN(CCC(=O)NCCCC[C@@H](C(N)=O)C1SS1)C(=O)CCN.[HH].[HH].[HH]. The van der Waals surface area contributed by atoms with E-state index in [0.29, 0.717) is 64.5 Å². The molecule has 4 atom stereocenters. The molecule has 4 aliphatic heterocycles. The lowest BCUT2D eigenvalue weighted by atomic mass is 10.0. The molecule has 31 nitrogen and oxygen atoms in total. The zero-order valence-electron chi connectivity index (χ0n) is 61.4. The maximum atomic E-state index is 13.5. The van der Waals surface area contributed by atoms with Gasteiger partial charge in [0.05, 0.1) is 55.2 Å². The molecule has 0 radical (unpaired) electrons. The maximum Gasteiger partial charge on any atom is 0.407 e. The molecule has 11 amide bonds. The largest absolute Gasteiger partial charge is 0.463 e. The number of methoxy groups -OCH3 is 2. The summed E-state index contributed by atoms with van der Waals surface area (Å²) in [5, 5.41) is 8.24. The molecule has 106 heavy (non-hydrogen) atoms. The predicted octanol–water partition coefficient (Wildman–Crippen LogP) is 5.31. The molecule has 610 valence electrons. The first-order chi connectivity index (χ1) is 50.9. The summed E-state index contributed by atoms with van der Waals surface area (Å²) in [6, 6.07) is 0. The van der Waals surface area contributed by atoms with Gasteiger partial charge in [-0.05, 0) is 57.8 Å². The number of hydrogen-bond donors (Lipinski definition) is 9. The van der Waals surface area contributed by atoms with Crippen LogP contribution in [0.1, 0.15) is 171 Å². The van der Waals surface area contributed by atoms with Gasteiger partial charge in [0.2, 0.25) is 59.1 Å². The third kappa shape index (κ3) is 45.5. The average Bonchev–Trinajstić information content (AvgIpc) is 1.76. The van der Waals surface area contributed by atoms with Crippen molar-refractivity contribution < 1.29 is 90.4 Å². The monoisotopic (exact) mass is 1650 g/mol. The molecular formula is C67H121N13O18S8. The van der Waals surface area contributed by atoms with Crippen LogP contribution in [0, 0.1) is 23.7 Å². The number of amides is 11. The van der Waals surface area contributed by atoms with E-state index in [4.69, 9.17) is 53.3 Å². The highest BCUT2D eigenvalue weighted by atomic mass is 33.2. The highest BCUT2D eigenvalue weighted by molar-refractivity contribution is 8.93.